The Morgan fingerprint density at radius 3 is 2.72 bits per heavy atom. The third-order valence-electron chi connectivity index (χ3n) is 3.57. The van der Waals surface area contributed by atoms with Crippen molar-refractivity contribution in [2.24, 2.45) is 0 Å². The maximum Gasteiger partial charge on any atom is 0.123 e. The molecular formula is C15H24N2O. The van der Waals surface area contributed by atoms with E-state index < -0.39 is 0 Å². The molecule has 1 aromatic carbocycles. The second kappa shape index (κ2) is 6.76. The lowest BCUT2D eigenvalue weighted by molar-refractivity contribution is 0.233. The lowest BCUT2D eigenvalue weighted by atomic mass is 10.1. The first-order chi connectivity index (χ1) is 8.79. The van der Waals surface area contributed by atoms with Crippen molar-refractivity contribution in [1.29, 1.82) is 0 Å². The third kappa shape index (κ3) is 3.72. The minimum Gasteiger partial charge on any atom is -0.494 e. The summed E-state index contributed by atoms with van der Waals surface area (Å²) in [7, 11) is 2.20. The largest absolute Gasteiger partial charge is 0.494 e. The van der Waals surface area contributed by atoms with Crippen molar-refractivity contribution < 1.29 is 4.74 Å². The molecule has 1 aliphatic rings. The zero-order valence-electron chi connectivity index (χ0n) is 11.5. The van der Waals surface area contributed by atoms with Gasteiger partial charge in [-0.2, -0.15) is 0 Å². The van der Waals surface area contributed by atoms with Gasteiger partial charge in [-0.05, 0) is 46.0 Å². The molecule has 0 aromatic heterocycles. The maximum absolute atomic E-state index is 5.65. The molecule has 0 amide bonds. The van der Waals surface area contributed by atoms with Crippen LogP contribution in [0.4, 0.5) is 0 Å². The molecule has 0 saturated carbocycles. The van der Waals surface area contributed by atoms with Gasteiger partial charge in [-0.1, -0.05) is 18.2 Å². The lowest BCUT2D eigenvalue weighted by Crippen LogP contribution is -2.40. The number of nitrogens with one attached hydrogen (secondary N) is 1. The van der Waals surface area contributed by atoms with Crippen molar-refractivity contribution in [2.45, 2.75) is 32.4 Å². The van der Waals surface area contributed by atoms with Crippen LogP contribution in [0.1, 0.15) is 25.3 Å². The van der Waals surface area contributed by atoms with Gasteiger partial charge in [0, 0.05) is 18.2 Å². The molecule has 1 heterocycles. The van der Waals surface area contributed by atoms with Crippen LogP contribution in [0.15, 0.2) is 24.3 Å². The lowest BCUT2D eigenvalue weighted by Gasteiger charge is -2.29. The van der Waals surface area contributed by atoms with Gasteiger partial charge in [-0.3, -0.25) is 0 Å². The van der Waals surface area contributed by atoms with Crippen LogP contribution in [0.25, 0.3) is 0 Å². The molecule has 0 unspecified atom stereocenters. The van der Waals surface area contributed by atoms with E-state index in [1.807, 2.05) is 13.0 Å². The molecule has 3 nitrogen and oxygen atoms in total. The standard InChI is InChI=1S/C15H24N2O/c1-3-18-15-7-5-4-6-13(15)12-16-14-8-10-17(2)11-9-14/h4-7,14,16H,3,8-12H2,1-2H3. The van der Waals surface area contributed by atoms with Gasteiger partial charge < -0.3 is 15.0 Å². The summed E-state index contributed by atoms with van der Waals surface area (Å²) in [6, 6.07) is 8.95. The maximum atomic E-state index is 5.65. The Kier molecular flexibility index (Phi) is 5.02. The van der Waals surface area contributed by atoms with E-state index in [1.165, 1.54) is 31.5 Å². The molecule has 0 bridgehead atoms. The van der Waals surface area contributed by atoms with Crippen molar-refractivity contribution in [1.82, 2.24) is 10.2 Å². The summed E-state index contributed by atoms with van der Waals surface area (Å²) in [6.07, 6.45) is 2.49. The van der Waals surface area contributed by atoms with Gasteiger partial charge in [-0.25, -0.2) is 0 Å². The second-order valence-corrected chi connectivity index (χ2v) is 5.00. The summed E-state index contributed by atoms with van der Waals surface area (Å²) in [5.41, 5.74) is 1.26. The van der Waals surface area contributed by atoms with Crippen LogP contribution in [-0.4, -0.2) is 37.7 Å². The fourth-order valence-electron chi connectivity index (χ4n) is 2.41. The quantitative estimate of drug-likeness (QED) is 0.865. The second-order valence-electron chi connectivity index (χ2n) is 5.00. The number of likely N-dealkylation sites (tertiary alicyclic amines) is 1. The number of piperidine rings is 1. The third-order valence-corrected chi connectivity index (χ3v) is 3.57. The van der Waals surface area contributed by atoms with E-state index in [2.05, 4.69) is 35.5 Å². The molecule has 3 heteroatoms. The number of ether oxygens (including phenoxy) is 1. The van der Waals surface area contributed by atoms with E-state index in [0.717, 1.165) is 18.9 Å². The van der Waals surface area contributed by atoms with Crippen LogP contribution in [0.3, 0.4) is 0 Å². The molecular weight excluding hydrogens is 224 g/mol. The van der Waals surface area contributed by atoms with Gasteiger partial charge in [-0.15, -0.1) is 0 Å². The first-order valence-electron chi connectivity index (χ1n) is 6.92. The van der Waals surface area contributed by atoms with Crippen molar-refractivity contribution in [2.75, 3.05) is 26.7 Å². The summed E-state index contributed by atoms with van der Waals surface area (Å²) in [6.45, 7) is 6.06. The van der Waals surface area contributed by atoms with E-state index in [0.29, 0.717) is 6.04 Å². The Bertz CT molecular complexity index is 359. The average Bonchev–Trinajstić information content (AvgIpc) is 2.40. The molecule has 18 heavy (non-hydrogen) atoms. The van der Waals surface area contributed by atoms with Crippen LogP contribution in [0.2, 0.25) is 0 Å². The molecule has 0 aliphatic carbocycles. The molecule has 100 valence electrons. The number of hydrogen-bond acceptors (Lipinski definition) is 3. The normalized spacial score (nSPS) is 17.9. The van der Waals surface area contributed by atoms with E-state index in [1.54, 1.807) is 0 Å². The van der Waals surface area contributed by atoms with Gasteiger partial charge in [0.25, 0.3) is 0 Å². The van der Waals surface area contributed by atoms with Gasteiger partial charge in [0.2, 0.25) is 0 Å². The Hall–Kier alpha value is -1.06. The summed E-state index contributed by atoms with van der Waals surface area (Å²) in [5, 5.41) is 3.65. The molecule has 2 rings (SSSR count). The fraction of sp³-hybridized carbons (Fsp3) is 0.600. The molecule has 0 atom stereocenters. The first-order valence-corrected chi connectivity index (χ1v) is 6.92. The van der Waals surface area contributed by atoms with Crippen LogP contribution in [-0.2, 0) is 6.54 Å². The highest BCUT2D eigenvalue weighted by atomic mass is 16.5. The predicted octanol–water partition coefficient (Wildman–Crippen LogP) is 2.27. The van der Waals surface area contributed by atoms with Crippen molar-refractivity contribution in [3.63, 3.8) is 0 Å². The van der Waals surface area contributed by atoms with Crippen LogP contribution in [0.5, 0.6) is 5.75 Å². The van der Waals surface area contributed by atoms with E-state index in [-0.39, 0.29) is 0 Å². The van der Waals surface area contributed by atoms with Gasteiger partial charge in [0.15, 0.2) is 0 Å². The minimum absolute atomic E-state index is 0.649. The Balaban J connectivity index is 1.86. The van der Waals surface area contributed by atoms with Crippen molar-refractivity contribution in [3.05, 3.63) is 29.8 Å². The highest BCUT2D eigenvalue weighted by Gasteiger charge is 2.16. The van der Waals surface area contributed by atoms with E-state index in [4.69, 9.17) is 4.74 Å². The highest BCUT2D eigenvalue weighted by molar-refractivity contribution is 5.33. The molecule has 1 fully saturated rings. The summed E-state index contributed by atoms with van der Waals surface area (Å²) < 4.78 is 5.65. The number of nitrogens with zero attached hydrogens (tertiary/aromatic N) is 1. The molecule has 1 aliphatic heterocycles. The topological polar surface area (TPSA) is 24.5 Å². The fourth-order valence-corrected chi connectivity index (χ4v) is 2.41. The number of benzene rings is 1. The Morgan fingerprint density at radius 1 is 1.28 bits per heavy atom. The minimum atomic E-state index is 0.649. The predicted molar refractivity (Wildman–Crippen MR) is 75.0 cm³/mol. The molecule has 1 saturated heterocycles. The van der Waals surface area contributed by atoms with Crippen LogP contribution < -0.4 is 10.1 Å². The summed E-state index contributed by atoms with van der Waals surface area (Å²) in [5.74, 6) is 1.01. The smallest absolute Gasteiger partial charge is 0.123 e. The SMILES string of the molecule is CCOc1ccccc1CNC1CCN(C)CC1. The molecule has 1 aromatic rings. The average molecular weight is 248 g/mol. The van der Waals surface area contributed by atoms with E-state index in [9.17, 15) is 0 Å². The molecule has 0 radical (unpaired) electrons. The summed E-state index contributed by atoms with van der Waals surface area (Å²) in [4.78, 5) is 2.40. The van der Waals surface area contributed by atoms with Crippen molar-refractivity contribution >= 4 is 0 Å². The van der Waals surface area contributed by atoms with Crippen LogP contribution >= 0.6 is 0 Å². The Morgan fingerprint density at radius 2 is 2.00 bits per heavy atom. The number of rotatable bonds is 5. The zero-order valence-corrected chi connectivity index (χ0v) is 11.5. The summed E-state index contributed by atoms with van der Waals surface area (Å²) >= 11 is 0. The van der Waals surface area contributed by atoms with Gasteiger partial charge >= 0.3 is 0 Å². The van der Waals surface area contributed by atoms with E-state index >= 15 is 0 Å². The van der Waals surface area contributed by atoms with Crippen molar-refractivity contribution in [3.8, 4) is 5.75 Å². The molecule has 0 spiro atoms. The Labute approximate surface area is 110 Å². The number of hydrogen-bond donors (Lipinski definition) is 1. The van der Waals surface area contributed by atoms with Crippen LogP contribution in [0, 0.1) is 0 Å². The zero-order chi connectivity index (χ0) is 12.8. The monoisotopic (exact) mass is 248 g/mol. The first kappa shape index (κ1) is 13.4. The number of para-hydroxylation sites is 1. The van der Waals surface area contributed by atoms with Gasteiger partial charge in [0.05, 0.1) is 6.61 Å². The molecule has 1 N–H and O–H groups in total. The highest BCUT2D eigenvalue weighted by Crippen LogP contribution is 2.18. The van der Waals surface area contributed by atoms with Gasteiger partial charge in [0.1, 0.15) is 5.75 Å².